The van der Waals surface area contributed by atoms with Gasteiger partial charge in [0.05, 0.1) is 4.92 Å². The van der Waals surface area contributed by atoms with Crippen molar-refractivity contribution in [3.63, 3.8) is 0 Å². The zero-order chi connectivity index (χ0) is 13.0. The summed E-state index contributed by atoms with van der Waals surface area (Å²) in [6.07, 6.45) is 3.75. The highest BCUT2D eigenvalue weighted by atomic mass is 16.6. The van der Waals surface area contributed by atoms with Gasteiger partial charge in [0.1, 0.15) is 5.69 Å². The van der Waals surface area contributed by atoms with Gasteiger partial charge in [-0.05, 0) is 31.7 Å². The van der Waals surface area contributed by atoms with Gasteiger partial charge < -0.3 is 10.0 Å². The van der Waals surface area contributed by atoms with Crippen LogP contribution in [0.3, 0.4) is 0 Å². The average Bonchev–Trinajstić information content (AvgIpc) is 2.84. The third kappa shape index (κ3) is 2.61. The van der Waals surface area contributed by atoms with Crippen LogP contribution in [0.4, 0.5) is 11.4 Å². The third-order valence-electron chi connectivity index (χ3n) is 3.46. The van der Waals surface area contributed by atoms with Gasteiger partial charge in [-0.2, -0.15) is 0 Å². The van der Waals surface area contributed by atoms with Crippen LogP contribution in [0.15, 0.2) is 24.3 Å². The van der Waals surface area contributed by atoms with Gasteiger partial charge in [-0.25, -0.2) is 0 Å². The van der Waals surface area contributed by atoms with Gasteiger partial charge in [-0.1, -0.05) is 12.1 Å². The molecule has 0 radical (unpaired) electrons. The molecule has 0 saturated carbocycles. The summed E-state index contributed by atoms with van der Waals surface area (Å²) in [5.41, 5.74) is 0.885. The first-order valence-electron chi connectivity index (χ1n) is 6.35. The molecule has 98 valence electrons. The number of benzene rings is 1. The minimum Gasteiger partial charge on any atom is -0.396 e. The summed E-state index contributed by atoms with van der Waals surface area (Å²) in [4.78, 5) is 12.8. The first-order chi connectivity index (χ1) is 8.74. The molecule has 5 nitrogen and oxygen atoms in total. The molecule has 1 heterocycles. The molecule has 0 amide bonds. The maximum Gasteiger partial charge on any atom is 0.292 e. The zero-order valence-electron chi connectivity index (χ0n) is 10.3. The number of para-hydroxylation sites is 2. The fourth-order valence-corrected chi connectivity index (χ4v) is 2.64. The molecule has 2 rings (SSSR count). The molecule has 1 aromatic rings. The van der Waals surface area contributed by atoms with Crippen molar-refractivity contribution in [2.75, 3.05) is 18.1 Å². The van der Waals surface area contributed by atoms with Crippen LogP contribution in [0.5, 0.6) is 0 Å². The lowest BCUT2D eigenvalue weighted by molar-refractivity contribution is -0.384. The Labute approximate surface area is 106 Å². The average molecular weight is 250 g/mol. The Balaban J connectivity index is 2.21. The van der Waals surface area contributed by atoms with E-state index >= 15 is 0 Å². The molecular formula is C13H18N2O3. The van der Waals surface area contributed by atoms with E-state index in [9.17, 15) is 10.1 Å². The number of rotatable bonds is 5. The monoisotopic (exact) mass is 250 g/mol. The number of aliphatic hydroxyl groups excluding tert-OH is 1. The molecule has 1 atom stereocenters. The summed E-state index contributed by atoms with van der Waals surface area (Å²) in [5, 5.41) is 19.9. The topological polar surface area (TPSA) is 66.6 Å². The molecule has 0 aromatic heterocycles. The van der Waals surface area contributed by atoms with E-state index in [1.54, 1.807) is 12.1 Å². The number of nitrogens with zero attached hydrogens (tertiary/aromatic N) is 2. The second kappa shape index (κ2) is 5.82. The molecule has 1 aromatic carbocycles. The normalized spacial score (nSPS) is 19.2. The number of aliphatic hydroxyl groups is 1. The Morgan fingerprint density at radius 1 is 1.44 bits per heavy atom. The lowest BCUT2D eigenvalue weighted by Gasteiger charge is -2.26. The first kappa shape index (κ1) is 12.8. The zero-order valence-corrected chi connectivity index (χ0v) is 10.3. The van der Waals surface area contributed by atoms with Crippen molar-refractivity contribution in [2.24, 2.45) is 0 Å². The van der Waals surface area contributed by atoms with Crippen molar-refractivity contribution in [2.45, 2.75) is 31.7 Å². The van der Waals surface area contributed by atoms with E-state index in [4.69, 9.17) is 5.11 Å². The highest BCUT2D eigenvalue weighted by Crippen LogP contribution is 2.34. The van der Waals surface area contributed by atoms with Crippen LogP contribution in [-0.4, -0.2) is 29.2 Å². The van der Waals surface area contributed by atoms with E-state index in [2.05, 4.69) is 4.90 Å². The van der Waals surface area contributed by atoms with E-state index in [0.717, 1.165) is 32.2 Å². The summed E-state index contributed by atoms with van der Waals surface area (Å²) in [6, 6.07) is 7.22. The standard InChI is InChI=1S/C13H18N2O3/c16-10-4-6-11-5-3-9-14(11)12-7-1-2-8-13(12)15(17)18/h1-2,7-8,11,16H,3-6,9-10H2. The van der Waals surface area contributed by atoms with Gasteiger partial charge in [-0.15, -0.1) is 0 Å². The van der Waals surface area contributed by atoms with Gasteiger partial charge in [0, 0.05) is 25.3 Å². The molecular weight excluding hydrogens is 232 g/mol. The van der Waals surface area contributed by atoms with Gasteiger partial charge in [-0.3, -0.25) is 10.1 Å². The minimum absolute atomic E-state index is 0.174. The van der Waals surface area contributed by atoms with Crippen molar-refractivity contribution >= 4 is 11.4 Å². The van der Waals surface area contributed by atoms with E-state index in [1.807, 2.05) is 12.1 Å². The van der Waals surface area contributed by atoms with Crippen LogP contribution in [-0.2, 0) is 0 Å². The second-order valence-corrected chi connectivity index (χ2v) is 4.60. The Morgan fingerprint density at radius 3 is 2.94 bits per heavy atom. The molecule has 0 aliphatic carbocycles. The fourth-order valence-electron chi connectivity index (χ4n) is 2.64. The van der Waals surface area contributed by atoms with Gasteiger partial charge in [0.15, 0.2) is 0 Å². The fraction of sp³-hybridized carbons (Fsp3) is 0.538. The van der Waals surface area contributed by atoms with E-state index in [-0.39, 0.29) is 17.2 Å². The van der Waals surface area contributed by atoms with Crippen LogP contribution in [0.1, 0.15) is 25.7 Å². The lowest BCUT2D eigenvalue weighted by Crippen LogP contribution is -2.29. The van der Waals surface area contributed by atoms with E-state index in [0.29, 0.717) is 11.7 Å². The predicted octanol–water partition coefficient (Wildman–Crippen LogP) is 2.34. The summed E-state index contributed by atoms with van der Waals surface area (Å²) in [7, 11) is 0. The predicted molar refractivity (Wildman–Crippen MR) is 69.8 cm³/mol. The van der Waals surface area contributed by atoms with Crippen LogP contribution in [0.25, 0.3) is 0 Å². The number of nitro groups is 1. The Morgan fingerprint density at radius 2 is 2.22 bits per heavy atom. The highest BCUT2D eigenvalue weighted by Gasteiger charge is 2.28. The highest BCUT2D eigenvalue weighted by molar-refractivity contribution is 5.64. The molecule has 1 saturated heterocycles. The molecule has 1 aliphatic heterocycles. The number of anilines is 1. The molecule has 0 spiro atoms. The third-order valence-corrected chi connectivity index (χ3v) is 3.46. The van der Waals surface area contributed by atoms with Crippen LogP contribution in [0.2, 0.25) is 0 Å². The van der Waals surface area contributed by atoms with Gasteiger partial charge in [0.25, 0.3) is 5.69 Å². The Hall–Kier alpha value is -1.62. The van der Waals surface area contributed by atoms with Crippen molar-refractivity contribution in [3.05, 3.63) is 34.4 Å². The van der Waals surface area contributed by atoms with Crippen molar-refractivity contribution < 1.29 is 10.0 Å². The molecule has 1 N–H and O–H groups in total. The van der Waals surface area contributed by atoms with E-state index < -0.39 is 0 Å². The number of hydrogen-bond donors (Lipinski definition) is 1. The largest absolute Gasteiger partial charge is 0.396 e. The Bertz CT molecular complexity index is 422. The smallest absolute Gasteiger partial charge is 0.292 e. The summed E-state index contributed by atoms with van der Waals surface area (Å²) >= 11 is 0. The first-order valence-corrected chi connectivity index (χ1v) is 6.35. The minimum atomic E-state index is -0.323. The molecule has 5 heteroatoms. The molecule has 0 bridgehead atoms. The molecule has 1 fully saturated rings. The maximum atomic E-state index is 11.0. The van der Waals surface area contributed by atoms with Crippen LogP contribution < -0.4 is 4.90 Å². The van der Waals surface area contributed by atoms with Crippen LogP contribution >= 0.6 is 0 Å². The maximum absolute atomic E-state index is 11.0. The SMILES string of the molecule is O=[N+]([O-])c1ccccc1N1CCCC1CCCO. The molecule has 1 aliphatic rings. The number of nitro benzene ring substituents is 1. The molecule has 18 heavy (non-hydrogen) atoms. The van der Waals surface area contributed by atoms with Crippen LogP contribution in [0, 0.1) is 10.1 Å². The summed E-state index contributed by atoms with van der Waals surface area (Å²) in [5.74, 6) is 0. The van der Waals surface area contributed by atoms with E-state index in [1.165, 1.54) is 0 Å². The van der Waals surface area contributed by atoms with Gasteiger partial charge in [0.2, 0.25) is 0 Å². The Kier molecular flexibility index (Phi) is 4.15. The van der Waals surface area contributed by atoms with Crippen molar-refractivity contribution in [1.82, 2.24) is 0 Å². The quantitative estimate of drug-likeness (QED) is 0.643. The van der Waals surface area contributed by atoms with Gasteiger partial charge >= 0.3 is 0 Å². The molecule has 1 unspecified atom stereocenters. The lowest BCUT2D eigenvalue weighted by atomic mass is 10.1. The number of hydrogen-bond acceptors (Lipinski definition) is 4. The van der Waals surface area contributed by atoms with Crippen molar-refractivity contribution in [1.29, 1.82) is 0 Å². The second-order valence-electron chi connectivity index (χ2n) is 4.60. The summed E-state index contributed by atoms with van der Waals surface area (Å²) < 4.78 is 0. The van der Waals surface area contributed by atoms with Crippen molar-refractivity contribution in [3.8, 4) is 0 Å². The summed E-state index contributed by atoms with van der Waals surface area (Å²) in [6.45, 7) is 1.04.